The van der Waals surface area contributed by atoms with Crippen molar-refractivity contribution in [2.24, 2.45) is 11.7 Å². The Morgan fingerprint density at radius 3 is 2.44 bits per heavy atom. The Morgan fingerprint density at radius 2 is 1.89 bits per heavy atom. The van der Waals surface area contributed by atoms with Crippen LogP contribution < -0.4 is 27.7 Å². The van der Waals surface area contributed by atoms with Crippen molar-refractivity contribution in [1.29, 1.82) is 0 Å². The summed E-state index contributed by atoms with van der Waals surface area (Å²) in [6.45, 7) is 7.09. The number of rotatable bonds is 3. The highest BCUT2D eigenvalue weighted by Gasteiger charge is 2.35. The van der Waals surface area contributed by atoms with E-state index in [1.54, 1.807) is 11.5 Å². The number of aromatic nitrogens is 2. The lowest BCUT2D eigenvalue weighted by Gasteiger charge is -2.28. The van der Waals surface area contributed by atoms with Crippen molar-refractivity contribution in [3.8, 4) is 0 Å². The van der Waals surface area contributed by atoms with Crippen LogP contribution in [0.3, 0.4) is 0 Å². The predicted molar refractivity (Wildman–Crippen MR) is 104 cm³/mol. The number of anilines is 1. The highest BCUT2D eigenvalue weighted by atomic mass is 19.1. The second kappa shape index (κ2) is 5.82. The molecule has 4 rings (SSSR count). The molecule has 146 valence electrons. The number of fused-ring (bicyclic) bond motifs is 1. The number of benzene rings is 1. The van der Waals surface area contributed by atoms with E-state index in [1.165, 1.54) is 6.07 Å². The molecule has 1 aromatic carbocycles. The molecule has 0 spiro atoms. The standard InChI is InChI=1S/C19H26FN5O2/c1-10-15-13(17(26)25(22)18(27)24(15)12-4-5-12)8-14(20)16(10)23-7-6-11(9-23)19(2,3)21/h8,11-12H,4-7,9,21-22H2,1-3H3/t11-/m1/s1. The molecule has 0 amide bonds. The summed E-state index contributed by atoms with van der Waals surface area (Å²) in [5.74, 6) is 5.45. The minimum atomic E-state index is -0.664. The number of aryl methyl sites for hydroxylation is 1. The van der Waals surface area contributed by atoms with Crippen LogP contribution in [-0.4, -0.2) is 27.9 Å². The number of nitrogens with zero attached hydrogens (tertiary/aromatic N) is 3. The number of hydrogen-bond donors (Lipinski definition) is 2. The molecule has 1 aromatic heterocycles. The first kappa shape index (κ1) is 18.0. The number of nitrogen functional groups attached to an aromatic ring is 1. The fraction of sp³-hybridized carbons (Fsp3) is 0.579. The average Bonchev–Trinajstić information content (AvgIpc) is 3.29. The maximum Gasteiger partial charge on any atom is 0.350 e. The second-order valence-corrected chi connectivity index (χ2v) is 8.54. The predicted octanol–water partition coefficient (Wildman–Crippen LogP) is 1.22. The zero-order valence-electron chi connectivity index (χ0n) is 16.0. The van der Waals surface area contributed by atoms with Crippen LogP contribution in [-0.2, 0) is 0 Å². The van der Waals surface area contributed by atoms with Crippen LogP contribution in [0.5, 0.6) is 0 Å². The number of nitrogens with two attached hydrogens (primary N) is 2. The first-order valence-corrected chi connectivity index (χ1v) is 9.40. The minimum Gasteiger partial charge on any atom is -0.369 e. The Hall–Kier alpha value is -2.35. The molecule has 7 nitrogen and oxygen atoms in total. The van der Waals surface area contributed by atoms with Gasteiger partial charge in [0.05, 0.1) is 16.6 Å². The van der Waals surface area contributed by atoms with E-state index in [2.05, 4.69) is 0 Å². The van der Waals surface area contributed by atoms with E-state index in [1.807, 2.05) is 18.7 Å². The van der Waals surface area contributed by atoms with Crippen molar-refractivity contribution in [1.82, 2.24) is 9.24 Å². The van der Waals surface area contributed by atoms with Crippen molar-refractivity contribution in [3.05, 3.63) is 38.3 Å². The van der Waals surface area contributed by atoms with Gasteiger partial charge in [0.1, 0.15) is 5.82 Å². The van der Waals surface area contributed by atoms with Crippen LogP contribution in [0.2, 0.25) is 0 Å². The molecule has 1 atom stereocenters. The van der Waals surface area contributed by atoms with Gasteiger partial charge in [0, 0.05) is 30.2 Å². The smallest absolute Gasteiger partial charge is 0.350 e. The normalized spacial score (nSPS) is 20.6. The van der Waals surface area contributed by atoms with Gasteiger partial charge in [-0.2, -0.15) is 4.68 Å². The molecule has 0 bridgehead atoms. The van der Waals surface area contributed by atoms with E-state index in [0.29, 0.717) is 34.5 Å². The third-order valence-electron chi connectivity index (χ3n) is 6.03. The lowest BCUT2D eigenvalue weighted by molar-refractivity contribution is 0.348. The maximum atomic E-state index is 15.1. The lowest BCUT2D eigenvalue weighted by atomic mass is 9.88. The summed E-state index contributed by atoms with van der Waals surface area (Å²) in [6.07, 6.45) is 2.58. The third-order valence-corrected chi connectivity index (χ3v) is 6.03. The molecule has 1 aliphatic carbocycles. The van der Waals surface area contributed by atoms with Crippen molar-refractivity contribution < 1.29 is 4.39 Å². The Labute approximate surface area is 156 Å². The van der Waals surface area contributed by atoms with E-state index in [4.69, 9.17) is 11.6 Å². The van der Waals surface area contributed by atoms with Gasteiger partial charge < -0.3 is 16.5 Å². The molecular weight excluding hydrogens is 349 g/mol. The highest BCUT2D eigenvalue weighted by Crippen LogP contribution is 2.39. The molecule has 2 aliphatic rings. The van der Waals surface area contributed by atoms with Gasteiger partial charge in [0.2, 0.25) is 0 Å². The first-order chi connectivity index (χ1) is 12.6. The average molecular weight is 375 g/mol. The summed E-state index contributed by atoms with van der Waals surface area (Å²) in [6, 6.07) is 1.24. The van der Waals surface area contributed by atoms with Gasteiger partial charge in [-0.05, 0) is 52.0 Å². The molecule has 1 saturated heterocycles. The largest absolute Gasteiger partial charge is 0.369 e. The van der Waals surface area contributed by atoms with Gasteiger partial charge in [-0.15, -0.1) is 0 Å². The van der Waals surface area contributed by atoms with E-state index in [9.17, 15) is 9.59 Å². The van der Waals surface area contributed by atoms with Crippen LogP contribution >= 0.6 is 0 Å². The Balaban J connectivity index is 1.94. The molecule has 2 fully saturated rings. The molecule has 2 aromatic rings. The molecule has 1 saturated carbocycles. The fourth-order valence-corrected chi connectivity index (χ4v) is 4.29. The Bertz CT molecular complexity index is 1050. The molecule has 4 N–H and O–H groups in total. The van der Waals surface area contributed by atoms with Gasteiger partial charge in [0.25, 0.3) is 5.56 Å². The number of hydrogen-bond acceptors (Lipinski definition) is 5. The molecule has 1 aliphatic heterocycles. The summed E-state index contributed by atoms with van der Waals surface area (Å²) >= 11 is 0. The molecule has 0 radical (unpaired) electrons. The zero-order chi connectivity index (χ0) is 19.7. The molecule has 27 heavy (non-hydrogen) atoms. The summed E-state index contributed by atoms with van der Waals surface area (Å²) in [5, 5.41) is 0.151. The van der Waals surface area contributed by atoms with Gasteiger partial charge in [-0.1, -0.05) is 0 Å². The van der Waals surface area contributed by atoms with Crippen molar-refractivity contribution in [2.45, 2.75) is 51.6 Å². The minimum absolute atomic E-state index is 0.0155. The summed E-state index contributed by atoms with van der Waals surface area (Å²) in [4.78, 5) is 27.1. The van der Waals surface area contributed by atoms with Crippen molar-refractivity contribution in [2.75, 3.05) is 23.8 Å². The molecule has 8 heteroatoms. The third kappa shape index (κ3) is 2.74. The Kier molecular flexibility index (Phi) is 3.89. The van der Waals surface area contributed by atoms with Gasteiger partial charge >= 0.3 is 5.69 Å². The van der Waals surface area contributed by atoms with Gasteiger partial charge in [-0.3, -0.25) is 9.36 Å². The zero-order valence-corrected chi connectivity index (χ0v) is 16.0. The summed E-state index contributed by atoms with van der Waals surface area (Å²) in [7, 11) is 0. The lowest BCUT2D eigenvalue weighted by Crippen LogP contribution is -2.45. The quantitative estimate of drug-likeness (QED) is 0.786. The second-order valence-electron chi connectivity index (χ2n) is 8.54. The van der Waals surface area contributed by atoms with Gasteiger partial charge in [0.15, 0.2) is 0 Å². The Morgan fingerprint density at radius 1 is 1.22 bits per heavy atom. The van der Waals surface area contributed by atoms with E-state index < -0.39 is 17.1 Å². The SMILES string of the molecule is Cc1c(N2CC[C@@H](C(C)(C)N)C2)c(F)cc2c(=O)n(N)c(=O)n(C3CC3)c12. The monoisotopic (exact) mass is 375 g/mol. The summed E-state index contributed by atoms with van der Waals surface area (Å²) in [5.41, 5.74) is 6.27. The van der Waals surface area contributed by atoms with Crippen LogP contribution in [0.4, 0.5) is 10.1 Å². The van der Waals surface area contributed by atoms with Crippen molar-refractivity contribution >= 4 is 16.6 Å². The molecule has 2 heterocycles. The number of halogens is 1. The summed E-state index contributed by atoms with van der Waals surface area (Å²) < 4.78 is 17.2. The fourth-order valence-electron chi connectivity index (χ4n) is 4.29. The van der Waals surface area contributed by atoms with Crippen molar-refractivity contribution in [3.63, 3.8) is 0 Å². The van der Waals surface area contributed by atoms with E-state index in [0.717, 1.165) is 19.3 Å². The van der Waals surface area contributed by atoms with E-state index >= 15 is 4.39 Å². The van der Waals surface area contributed by atoms with Gasteiger partial charge in [-0.25, -0.2) is 9.18 Å². The molecular formula is C19H26FN5O2. The maximum absolute atomic E-state index is 15.1. The molecule has 0 unspecified atom stereocenters. The van der Waals surface area contributed by atoms with Crippen LogP contribution in [0.15, 0.2) is 15.7 Å². The van der Waals surface area contributed by atoms with E-state index in [-0.39, 0.29) is 22.9 Å². The highest BCUT2D eigenvalue weighted by molar-refractivity contribution is 5.87. The van der Waals surface area contributed by atoms with Crippen LogP contribution in [0, 0.1) is 18.7 Å². The van der Waals surface area contributed by atoms with Crippen LogP contribution in [0.25, 0.3) is 10.9 Å². The van der Waals surface area contributed by atoms with Crippen LogP contribution in [0.1, 0.15) is 44.7 Å². The first-order valence-electron chi connectivity index (χ1n) is 9.40. The topological polar surface area (TPSA) is 99.3 Å².